The minimum Gasteiger partial charge on any atom is -0.223 e. The average Bonchev–Trinajstić information content (AvgIpc) is 2.43. The van der Waals surface area contributed by atoms with E-state index in [4.69, 9.17) is 0 Å². The highest BCUT2D eigenvalue weighted by atomic mass is 32.3. The van der Waals surface area contributed by atoms with Crippen molar-refractivity contribution in [3.8, 4) is 0 Å². The molecule has 2 nitrogen and oxygen atoms in total. The van der Waals surface area contributed by atoms with Gasteiger partial charge in [-0.05, 0) is 31.7 Å². The summed E-state index contributed by atoms with van der Waals surface area (Å²) in [5.41, 5.74) is 1.09. The number of thioether (sulfide) groups is 1. The molecule has 0 fully saturated rings. The fraction of sp³-hybridized carbons (Fsp3) is 0.625. The zero-order valence-corrected chi connectivity index (χ0v) is 14.4. The third-order valence-corrected chi connectivity index (χ3v) is 7.46. The largest absolute Gasteiger partial charge is 0.223 e. The lowest BCUT2D eigenvalue weighted by atomic mass is 10.1. The van der Waals surface area contributed by atoms with Crippen LogP contribution >= 0.6 is 11.8 Å². The van der Waals surface area contributed by atoms with E-state index in [1.165, 1.54) is 31.0 Å². The Labute approximate surface area is 128 Å². The van der Waals surface area contributed by atoms with Crippen LogP contribution in [-0.2, 0) is 9.84 Å². The molecule has 0 aromatic heterocycles. The molecule has 1 rings (SSSR count). The summed E-state index contributed by atoms with van der Waals surface area (Å²) in [5.74, 6) is 0. The first kappa shape index (κ1) is 17.6. The van der Waals surface area contributed by atoms with Gasteiger partial charge >= 0.3 is 0 Å². The molecule has 0 bridgehead atoms. The van der Waals surface area contributed by atoms with Crippen LogP contribution in [0.1, 0.15) is 51.0 Å². The van der Waals surface area contributed by atoms with Gasteiger partial charge < -0.3 is 0 Å². The molecule has 1 atom stereocenters. The van der Waals surface area contributed by atoms with E-state index in [-0.39, 0.29) is 4.58 Å². The first-order chi connectivity index (χ1) is 9.52. The van der Waals surface area contributed by atoms with Gasteiger partial charge in [-0.15, -0.1) is 11.8 Å². The van der Waals surface area contributed by atoms with Gasteiger partial charge in [-0.1, -0.05) is 56.7 Å². The van der Waals surface area contributed by atoms with Crippen molar-refractivity contribution in [2.45, 2.75) is 61.8 Å². The molecule has 0 N–H and O–H groups in total. The smallest absolute Gasteiger partial charge is 0.190 e. The van der Waals surface area contributed by atoms with Crippen molar-refractivity contribution < 1.29 is 8.42 Å². The molecular weight excluding hydrogens is 288 g/mol. The Balaban J connectivity index is 2.65. The number of hydrogen-bond donors (Lipinski definition) is 0. The highest BCUT2D eigenvalue weighted by Crippen LogP contribution is 2.27. The van der Waals surface area contributed by atoms with Crippen LogP contribution in [-0.4, -0.2) is 19.3 Å². The molecule has 0 amide bonds. The molecule has 4 heteroatoms. The van der Waals surface area contributed by atoms with Crippen molar-refractivity contribution in [1.29, 1.82) is 0 Å². The second-order valence-electron chi connectivity index (χ2n) is 5.23. The molecule has 114 valence electrons. The van der Waals surface area contributed by atoms with Crippen molar-refractivity contribution in [3.05, 3.63) is 29.8 Å². The van der Waals surface area contributed by atoms with Gasteiger partial charge in [-0.3, -0.25) is 0 Å². The highest BCUT2D eigenvalue weighted by molar-refractivity contribution is 8.13. The summed E-state index contributed by atoms with van der Waals surface area (Å²) in [5, 5.41) is 0. The van der Waals surface area contributed by atoms with Gasteiger partial charge in [0, 0.05) is 0 Å². The van der Waals surface area contributed by atoms with Crippen LogP contribution in [0.4, 0.5) is 0 Å². The second-order valence-corrected chi connectivity index (χ2v) is 8.70. The minimum absolute atomic E-state index is 0.313. The first-order valence-corrected chi connectivity index (χ1v) is 10.2. The topological polar surface area (TPSA) is 34.1 Å². The Hall–Kier alpha value is -0.480. The quantitative estimate of drug-likeness (QED) is 0.613. The van der Waals surface area contributed by atoms with Crippen LogP contribution in [0.2, 0.25) is 0 Å². The monoisotopic (exact) mass is 314 g/mol. The fourth-order valence-corrected chi connectivity index (χ4v) is 5.24. The molecule has 1 unspecified atom stereocenters. The normalized spacial score (nSPS) is 13.3. The Morgan fingerprint density at radius 1 is 1.05 bits per heavy atom. The summed E-state index contributed by atoms with van der Waals surface area (Å²) in [7, 11) is -3.20. The van der Waals surface area contributed by atoms with E-state index < -0.39 is 9.84 Å². The molecule has 1 aromatic rings. The molecule has 0 aliphatic carbocycles. The lowest BCUT2D eigenvalue weighted by Crippen LogP contribution is -2.17. The van der Waals surface area contributed by atoms with Crippen molar-refractivity contribution in [2.24, 2.45) is 0 Å². The van der Waals surface area contributed by atoms with Gasteiger partial charge in [0.1, 0.15) is 4.58 Å². The Bertz CT molecular complexity index is 478. The summed E-state index contributed by atoms with van der Waals surface area (Å²) >= 11 is 1.45. The molecule has 0 radical (unpaired) electrons. The second kappa shape index (κ2) is 8.73. The van der Waals surface area contributed by atoms with Gasteiger partial charge in [-0.2, -0.15) is 0 Å². The molecule has 0 spiro atoms. The number of benzene rings is 1. The van der Waals surface area contributed by atoms with Gasteiger partial charge in [-0.25, -0.2) is 8.42 Å². The maximum atomic E-state index is 12.6. The minimum atomic E-state index is -3.20. The number of aryl methyl sites for hydroxylation is 1. The molecule has 0 heterocycles. The van der Waals surface area contributed by atoms with E-state index in [1.54, 1.807) is 12.1 Å². The molecule has 0 saturated heterocycles. The van der Waals surface area contributed by atoms with E-state index in [0.29, 0.717) is 4.90 Å². The first-order valence-electron chi connectivity index (χ1n) is 7.35. The summed E-state index contributed by atoms with van der Waals surface area (Å²) in [6.45, 7) is 4.16. The Morgan fingerprint density at radius 3 is 2.20 bits per heavy atom. The predicted molar refractivity (Wildman–Crippen MR) is 89.0 cm³/mol. The standard InChI is InChI=1S/C16H26O2S2/c1-4-5-6-7-8-9-16(19-3)20(17,18)15-12-10-14(2)11-13-15/h10-13,16H,4-9H2,1-3H3. The lowest BCUT2D eigenvalue weighted by molar-refractivity contribution is 0.578. The van der Waals surface area contributed by atoms with Crippen LogP contribution in [0.15, 0.2) is 29.2 Å². The Kier molecular flexibility index (Phi) is 7.67. The lowest BCUT2D eigenvalue weighted by Gasteiger charge is -2.15. The maximum Gasteiger partial charge on any atom is 0.190 e. The molecule has 1 aromatic carbocycles. The zero-order valence-electron chi connectivity index (χ0n) is 12.8. The van der Waals surface area contributed by atoms with E-state index in [9.17, 15) is 8.42 Å². The number of unbranched alkanes of at least 4 members (excludes halogenated alkanes) is 4. The van der Waals surface area contributed by atoms with E-state index in [0.717, 1.165) is 24.8 Å². The fourth-order valence-electron chi connectivity index (χ4n) is 2.19. The molecule has 20 heavy (non-hydrogen) atoms. The van der Waals surface area contributed by atoms with Crippen molar-refractivity contribution in [2.75, 3.05) is 6.26 Å². The Morgan fingerprint density at radius 2 is 1.65 bits per heavy atom. The molecular formula is C16H26O2S2. The van der Waals surface area contributed by atoms with E-state index in [2.05, 4.69) is 6.92 Å². The summed E-state index contributed by atoms with van der Waals surface area (Å²) in [6.07, 6.45) is 8.44. The van der Waals surface area contributed by atoms with E-state index >= 15 is 0 Å². The van der Waals surface area contributed by atoms with Gasteiger partial charge in [0.2, 0.25) is 0 Å². The summed E-state index contributed by atoms with van der Waals surface area (Å²) in [6, 6.07) is 7.19. The third-order valence-electron chi connectivity index (χ3n) is 3.50. The van der Waals surface area contributed by atoms with Crippen molar-refractivity contribution in [3.63, 3.8) is 0 Å². The molecule has 0 aliphatic heterocycles. The molecule has 0 aliphatic rings. The average molecular weight is 315 g/mol. The predicted octanol–water partition coefficient (Wildman–Crippen LogP) is 4.82. The van der Waals surface area contributed by atoms with Crippen LogP contribution < -0.4 is 0 Å². The van der Waals surface area contributed by atoms with Gasteiger partial charge in [0.25, 0.3) is 0 Å². The number of hydrogen-bond acceptors (Lipinski definition) is 3. The van der Waals surface area contributed by atoms with Crippen molar-refractivity contribution >= 4 is 21.6 Å². The zero-order chi connectivity index (χ0) is 15.0. The number of rotatable bonds is 9. The van der Waals surface area contributed by atoms with E-state index in [1.807, 2.05) is 25.3 Å². The molecule has 0 saturated carbocycles. The number of sulfone groups is 1. The van der Waals surface area contributed by atoms with Crippen LogP contribution in [0.3, 0.4) is 0 Å². The SMILES string of the molecule is CCCCCCCC(SC)S(=O)(=O)c1ccc(C)cc1. The third kappa shape index (κ3) is 5.13. The van der Waals surface area contributed by atoms with Crippen LogP contribution in [0, 0.1) is 6.92 Å². The summed E-state index contributed by atoms with van der Waals surface area (Å²) in [4.78, 5) is 0.455. The van der Waals surface area contributed by atoms with Gasteiger partial charge in [0.15, 0.2) is 9.84 Å². The highest BCUT2D eigenvalue weighted by Gasteiger charge is 2.25. The summed E-state index contributed by atoms with van der Waals surface area (Å²) < 4.78 is 24.8. The van der Waals surface area contributed by atoms with Crippen LogP contribution in [0.25, 0.3) is 0 Å². The maximum absolute atomic E-state index is 12.6. The van der Waals surface area contributed by atoms with Crippen LogP contribution in [0.5, 0.6) is 0 Å². The van der Waals surface area contributed by atoms with Crippen molar-refractivity contribution in [1.82, 2.24) is 0 Å². The van der Waals surface area contributed by atoms with Gasteiger partial charge in [0.05, 0.1) is 4.90 Å².